The maximum Gasteiger partial charge on any atom is 0.389 e. The van der Waals surface area contributed by atoms with Crippen molar-refractivity contribution in [3.05, 3.63) is 0 Å². The highest BCUT2D eigenvalue weighted by molar-refractivity contribution is 7.89. The van der Waals surface area contributed by atoms with Gasteiger partial charge in [-0.3, -0.25) is 0 Å². The van der Waals surface area contributed by atoms with Crippen molar-refractivity contribution in [1.29, 1.82) is 0 Å². The molecular weight excluding hydrogens is 293 g/mol. The molecule has 2 atom stereocenters. The van der Waals surface area contributed by atoms with Crippen LogP contribution in [0.1, 0.15) is 32.6 Å². The lowest BCUT2D eigenvalue weighted by Crippen LogP contribution is -2.46. The van der Waals surface area contributed by atoms with Crippen molar-refractivity contribution in [3.8, 4) is 0 Å². The third-order valence-electron chi connectivity index (χ3n) is 3.84. The van der Waals surface area contributed by atoms with E-state index >= 15 is 0 Å². The number of hydrogen-bond donors (Lipinski definition) is 1. The molecule has 0 bridgehead atoms. The van der Waals surface area contributed by atoms with Crippen LogP contribution >= 0.6 is 0 Å². The Morgan fingerprint density at radius 1 is 1.40 bits per heavy atom. The van der Waals surface area contributed by atoms with Crippen LogP contribution < -0.4 is 5.32 Å². The Morgan fingerprint density at radius 3 is 2.60 bits per heavy atom. The highest BCUT2D eigenvalue weighted by atomic mass is 32.2. The fraction of sp³-hybridized carbons (Fsp3) is 1.00. The van der Waals surface area contributed by atoms with Gasteiger partial charge in [0.05, 0.1) is 5.75 Å². The van der Waals surface area contributed by atoms with Crippen molar-refractivity contribution in [3.63, 3.8) is 0 Å². The number of piperidine rings is 1. The summed E-state index contributed by atoms with van der Waals surface area (Å²) in [7, 11) is -1.75. The molecule has 0 amide bonds. The molecule has 1 saturated heterocycles. The molecule has 1 N–H and O–H groups in total. The molecule has 1 aliphatic heterocycles. The summed E-state index contributed by atoms with van der Waals surface area (Å²) >= 11 is 0. The van der Waals surface area contributed by atoms with E-state index in [1.165, 1.54) is 4.31 Å². The molecule has 0 spiro atoms. The Labute approximate surface area is 118 Å². The van der Waals surface area contributed by atoms with Gasteiger partial charge >= 0.3 is 6.18 Å². The van der Waals surface area contributed by atoms with Crippen LogP contribution in [0.3, 0.4) is 0 Å². The van der Waals surface area contributed by atoms with Crippen molar-refractivity contribution in [2.24, 2.45) is 5.92 Å². The van der Waals surface area contributed by atoms with E-state index in [-0.39, 0.29) is 18.4 Å². The summed E-state index contributed by atoms with van der Waals surface area (Å²) in [6, 6.07) is 0.197. The smallest absolute Gasteiger partial charge is 0.317 e. The van der Waals surface area contributed by atoms with Gasteiger partial charge in [0, 0.05) is 25.6 Å². The van der Waals surface area contributed by atoms with Crippen LogP contribution in [0, 0.1) is 5.92 Å². The molecule has 0 radical (unpaired) electrons. The maximum absolute atomic E-state index is 12.1. The second-order valence-corrected chi connectivity index (χ2v) is 7.46. The van der Waals surface area contributed by atoms with Gasteiger partial charge in [0.15, 0.2) is 0 Å². The lowest BCUT2D eigenvalue weighted by Gasteiger charge is -2.35. The number of rotatable bonds is 6. The molecule has 2 unspecified atom stereocenters. The average molecular weight is 316 g/mol. The number of nitrogens with zero attached hydrogens (tertiary/aromatic N) is 1. The Balaban J connectivity index is 2.54. The van der Waals surface area contributed by atoms with Gasteiger partial charge in [-0.1, -0.05) is 0 Å². The SMILES string of the molecule is CNC(C)C1CCCN(S(=O)(=O)CCCC(F)(F)F)C1. The molecular formula is C12H23F3N2O2S. The minimum atomic E-state index is -4.29. The van der Waals surface area contributed by atoms with E-state index in [9.17, 15) is 21.6 Å². The van der Waals surface area contributed by atoms with Gasteiger partial charge in [0.1, 0.15) is 0 Å². The molecule has 0 aromatic rings. The third kappa shape index (κ3) is 5.57. The van der Waals surface area contributed by atoms with Crippen LogP contribution in [0.4, 0.5) is 13.2 Å². The minimum absolute atomic E-state index is 0.197. The van der Waals surface area contributed by atoms with Crippen LogP contribution in [-0.2, 0) is 10.0 Å². The van der Waals surface area contributed by atoms with Gasteiger partial charge in [-0.2, -0.15) is 13.2 Å². The van der Waals surface area contributed by atoms with E-state index in [2.05, 4.69) is 5.32 Å². The number of nitrogens with one attached hydrogen (secondary N) is 1. The van der Waals surface area contributed by atoms with E-state index in [0.29, 0.717) is 13.1 Å². The quantitative estimate of drug-likeness (QED) is 0.815. The minimum Gasteiger partial charge on any atom is -0.317 e. The predicted octanol–water partition coefficient (Wildman–Crippen LogP) is 1.98. The number of halogens is 3. The van der Waals surface area contributed by atoms with Gasteiger partial charge < -0.3 is 5.32 Å². The first-order valence-electron chi connectivity index (χ1n) is 6.87. The topological polar surface area (TPSA) is 49.4 Å². The molecule has 1 heterocycles. The van der Waals surface area contributed by atoms with E-state index in [1.54, 1.807) is 0 Å². The van der Waals surface area contributed by atoms with Crippen molar-refractivity contribution in [1.82, 2.24) is 9.62 Å². The number of sulfonamides is 1. The zero-order valence-electron chi connectivity index (χ0n) is 11.9. The van der Waals surface area contributed by atoms with Gasteiger partial charge in [-0.15, -0.1) is 0 Å². The summed E-state index contributed by atoms with van der Waals surface area (Å²) in [5, 5.41) is 3.10. The molecule has 1 rings (SSSR count). The van der Waals surface area contributed by atoms with Crippen LogP contribution in [0.2, 0.25) is 0 Å². The second kappa shape index (κ2) is 7.09. The van der Waals surface area contributed by atoms with E-state index < -0.39 is 28.4 Å². The lowest BCUT2D eigenvalue weighted by atomic mass is 9.93. The highest BCUT2D eigenvalue weighted by Crippen LogP contribution is 2.25. The maximum atomic E-state index is 12.1. The predicted molar refractivity (Wildman–Crippen MR) is 71.9 cm³/mol. The van der Waals surface area contributed by atoms with E-state index in [1.807, 2.05) is 14.0 Å². The summed E-state index contributed by atoms with van der Waals surface area (Å²) in [4.78, 5) is 0. The van der Waals surface area contributed by atoms with Gasteiger partial charge in [-0.05, 0) is 39.2 Å². The zero-order chi connectivity index (χ0) is 15.4. The monoisotopic (exact) mass is 316 g/mol. The van der Waals surface area contributed by atoms with Gasteiger partial charge in [0.2, 0.25) is 10.0 Å². The number of hydrogen-bond acceptors (Lipinski definition) is 3. The Morgan fingerprint density at radius 2 is 2.05 bits per heavy atom. The Bertz CT molecular complexity index is 398. The summed E-state index contributed by atoms with van der Waals surface area (Å²) in [6.07, 6.45) is -4.00. The van der Waals surface area contributed by atoms with Crippen molar-refractivity contribution < 1.29 is 21.6 Å². The van der Waals surface area contributed by atoms with Crippen molar-refractivity contribution >= 4 is 10.0 Å². The molecule has 0 saturated carbocycles. The highest BCUT2D eigenvalue weighted by Gasteiger charge is 2.32. The Kier molecular flexibility index (Phi) is 6.27. The fourth-order valence-electron chi connectivity index (χ4n) is 2.45. The molecule has 0 aromatic carbocycles. The first-order valence-corrected chi connectivity index (χ1v) is 8.48. The third-order valence-corrected chi connectivity index (χ3v) is 5.76. The molecule has 0 aromatic heterocycles. The summed E-state index contributed by atoms with van der Waals surface area (Å²) < 4.78 is 61.7. The lowest BCUT2D eigenvalue weighted by molar-refractivity contribution is -0.134. The molecule has 8 heteroatoms. The van der Waals surface area contributed by atoms with Gasteiger partial charge in [0.25, 0.3) is 0 Å². The van der Waals surface area contributed by atoms with E-state index in [4.69, 9.17) is 0 Å². The second-order valence-electron chi connectivity index (χ2n) is 5.37. The van der Waals surface area contributed by atoms with Crippen LogP contribution in [0.25, 0.3) is 0 Å². The Hall–Kier alpha value is -0.340. The fourth-order valence-corrected chi connectivity index (χ4v) is 4.05. The molecule has 20 heavy (non-hydrogen) atoms. The van der Waals surface area contributed by atoms with Crippen LogP contribution in [-0.4, -0.2) is 50.8 Å². The van der Waals surface area contributed by atoms with Gasteiger partial charge in [-0.25, -0.2) is 12.7 Å². The summed E-state index contributed by atoms with van der Waals surface area (Å²) in [5.74, 6) is -0.209. The standard InChI is InChI=1S/C12H23F3N2O2S/c1-10(16-2)11-5-3-7-17(9-11)20(18,19)8-4-6-12(13,14)15/h10-11,16H,3-9H2,1-2H3. The summed E-state index contributed by atoms with van der Waals surface area (Å²) in [5.41, 5.74) is 0. The molecule has 4 nitrogen and oxygen atoms in total. The van der Waals surface area contributed by atoms with E-state index in [0.717, 1.165) is 12.8 Å². The van der Waals surface area contributed by atoms with Crippen LogP contribution in [0.15, 0.2) is 0 Å². The normalized spacial score (nSPS) is 23.8. The van der Waals surface area contributed by atoms with Crippen molar-refractivity contribution in [2.45, 2.75) is 44.8 Å². The van der Waals surface area contributed by atoms with Crippen molar-refractivity contribution in [2.75, 3.05) is 25.9 Å². The zero-order valence-corrected chi connectivity index (χ0v) is 12.7. The molecule has 120 valence electrons. The molecule has 1 aliphatic rings. The van der Waals surface area contributed by atoms with Crippen LogP contribution in [0.5, 0.6) is 0 Å². The average Bonchev–Trinajstić information content (AvgIpc) is 2.36. The number of alkyl halides is 3. The summed E-state index contributed by atoms with van der Waals surface area (Å²) in [6.45, 7) is 2.81. The largest absolute Gasteiger partial charge is 0.389 e. The molecule has 0 aliphatic carbocycles. The first kappa shape index (κ1) is 17.7. The first-order chi connectivity index (χ1) is 9.15. The molecule has 1 fully saturated rings.